The zero-order valence-electron chi connectivity index (χ0n) is 8.58. The smallest absolute Gasteiger partial charge is 0.0620 e. The lowest BCUT2D eigenvalue weighted by atomic mass is 9.85. The zero-order valence-corrected chi connectivity index (χ0v) is 8.58. The van der Waals surface area contributed by atoms with Gasteiger partial charge in [0.25, 0.3) is 0 Å². The Hall–Kier alpha value is -0.0800. The van der Waals surface area contributed by atoms with Crippen molar-refractivity contribution in [3.63, 3.8) is 0 Å². The highest BCUT2D eigenvalue weighted by molar-refractivity contribution is 4.88. The highest BCUT2D eigenvalue weighted by Gasteiger charge is 2.35. The van der Waals surface area contributed by atoms with Gasteiger partial charge in [0.05, 0.1) is 6.10 Å². The first-order valence-electron chi connectivity index (χ1n) is 5.71. The van der Waals surface area contributed by atoms with E-state index in [-0.39, 0.29) is 6.10 Å². The van der Waals surface area contributed by atoms with Crippen molar-refractivity contribution in [3.05, 3.63) is 0 Å². The molecule has 0 radical (unpaired) electrons. The Morgan fingerprint density at radius 3 is 2.15 bits per heavy atom. The number of hydrogen-bond donors (Lipinski definition) is 1. The molecule has 0 amide bonds. The molecular weight excluding hydrogens is 162 g/mol. The molecule has 76 valence electrons. The Kier molecular flexibility index (Phi) is 2.89. The van der Waals surface area contributed by atoms with E-state index in [1.54, 1.807) is 0 Å². The lowest BCUT2D eigenvalue weighted by Crippen LogP contribution is -2.48. The molecule has 0 aromatic rings. The van der Waals surface area contributed by atoms with Crippen molar-refractivity contribution in [3.8, 4) is 0 Å². The fraction of sp³-hybridized carbons (Fsp3) is 1.00. The number of piperidine rings is 1. The average Bonchev–Trinajstić information content (AvgIpc) is 2.26. The summed E-state index contributed by atoms with van der Waals surface area (Å²) in [5.41, 5.74) is 0. The third kappa shape index (κ3) is 1.89. The summed E-state index contributed by atoms with van der Waals surface area (Å²) in [5.74, 6) is 1.14. The van der Waals surface area contributed by atoms with Crippen LogP contribution in [0, 0.1) is 11.8 Å². The molecule has 2 heteroatoms. The molecule has 1 N–H and O–H groups in total. The van der Waals surface area contributed by atoms with E-state index in [1.807, 2.05) is 0 Å². The van der Waals surface area contributed by atoms with Gasteiger partial charge in [-0.05, 0) is 31.2 Å². The fourth-order valence-corrected chi connectivity index (χ4v) is 2.93. The summed E-state index contributed by atoms with van der Waals surface area (Å²) in [6, 6.07) is 0. The molecule has 2 bridgehead atoms. The molecule has 0 aromatic heterocycles. The van der Waals surface area contributed by atoms with E-state index >= 15 is 0 Å². The normalized spacial score (nSPS) is 41.5. The minimum absolute atomic E-state index is 0.00491. The van der Waals surface area contributed by atoms with Gasteiger partial charge in [0.1, 0.15) is 0 Å². The molecule has 2 aliphatic rings. The van der Waals surface area contributed by atoms with Crippen LogP contribution in [-0.2, 0) is 0 Å². The molecule has 1 aliphatic carbocycles. The molecular formula is C11H21NO. The maximum Gasteiger partial charge on any atom is 0.0620 e. The Bertz CT molecular complexity index is 155. The van der Waals surface area contributed by atoms with Crippen LogP contribution in [0.2, 0.25) is 0 Å². The fourth-order valence-electron chi connectivity index (χ4n) is 2.93. The van der Waals surface area contributed by atoms with Crippen molar-refractivity contribution in [2.45, 2.75) is 38.7 Å². The Balaban J connectivity index is 2.05. The maximum absolute atomic E-state index is 10.1. The standard InChI is InChI=1S/C11H21NO/c1-2-12-7-9-5-3-4-6-10(8-12)11(9)13/h9-11,13H,2-8H2,1H3/t9-,10+,11?. The monoisotopic (exact) mass is 183 g/mol. The van der Waals surface area contributed by atoms with Crippen molar-refractivity contribution in [2.75, 3.05) is 19.6 Å². The van der Waals surface area contributed by atoms with Gasteiger partial charge in [0.15, 0.2) is 0 Å². The Morgan fingerprint density at radius 2 is 1.69 bits per heavy atom. The van der Waals surface area contributed by atoms with Gasteiger partial charge in [-0.25, -0.2) is 0 Å². The van der Waals surface area contributed by atoms with Crippen LogP contribution in [0.15, 0.2) is 0 Å². The molecule has 0 aromatic carbocycles. The van der Waals surface area contributed by atoms with Crippen LogP contribution in [0.1, 0.15) is 32.6 Å². The second kappa shape index (κ2) is 3.97. The number of nitrogens with zero attached hydrogens (tertiary/aromatic N) is 1. The van der Waals surface area contributed by atoms with E-state index in [9.17, 15) is 5.11 Å². The van der Waals surface area contributed by atoms with Crippen LogP contribution in [-0.4, -0.2) is 35.7 Å². The molecule has 3 atom stereocenters. The third-order valence-corrected chi connectivity index (χ3v) is 3.80. The summed E-state index contributed by atoms with van der Waals surface area (Å²) < 4.78 is 0. The molecule has 1 saturated heterocycles. The quantitative estimate of drug-likeness (QED) is 0.666. The molecule has 1 heterocycles. The molecule has 2 nitrogen and oxygen atoms in total. The second-order valence-corrected chi connectivity index (χ2v) is 4.65. The SMILES string of the molecule is CCN1C[C@H]2CCCC[C@@H](C1)C2O. The van der Waals surface area contributed by atoms with Crippen molar-refractivity contribution in [1.82, 2.24) is 4.90 Å². The number of rotatable bonds is 1. The Labute approximate surface area is 80.9 Å². The predicted octanol–water partition coefficient (Wildman–Crippen LogP) is 1.49. The van der Waals surface area contributed by atoms with Gasteiger partial charge in [0.2, 0.25) is 0 Å². The first kappa shape index (κ1) is 9.47. The van der Waals surface area contributed by atoms with E-state index in [1.165, 1.54) is 25.7 Å². The van der Waals surface area contributed by atoms with Crippen molar-refractivity contribution < 1.29 is 5.11 Å². The van der Waals surface area contributed by atoms with Crippen LogP contribution in [0.4, 0.5) is 0 Å². The molecule has 0 spiro atoms. The molecule has 1 unspecified atom stereocenters. The maximum atomic E-state index is 10.1. The first-order valence-corrected chi connectivity index (χ1v) is 5.71. The van der Waals surface area contributed by atoms with Crippen molar-refractivity contribution in [1.29, 1.82) is 0 Å². The lowest BCUT2D eigenvalue weighted by Gasteiger charge is -2.39. The molecule has 2 fully saturated rings. The minimum Gasteiger partial charge on any atom is -0.392 e. The summed E-state index contributed by atoms with van der Waals surface area (Å²) in [6.45, 7) is 5.64. The number of likely N-dealkylation sites (tertiary alicyclic amines) is 1. The molecule has 1 saturated carbocycles. The van der Waals surface area contributed by atoms with Crippen LogP contribution >= 0.6 is 0 Å². The van der Waals surface area contributed by atoms with Crippen LogP contribution in [0.3, 0.4) is 0 Å². The number of hydrogen-bond acceptors (Lipinski definition) is 2. The number of fused-ring (bicyclic) bond motifs is 2. The van der Waals surface area contributed by atoms with E-state index in [4.69, 9.17) is 0 Å². The minimum atomic E-state index is 0.00491. The number of aliphatic hydroxyl groups excluding tert-OH is 1. The zero-order chi connectivity index (χ0) is 9.26. The van der Waals surface area contributed by atoms with E-state index in [0.29, 0.717) is 11.8 Å². The van der Waals surface area contributed by atoms with Gasteiger partial charge >= 0.3 is 0 Å². The third-order valence-electron chi connectivity index (χ3n) is 3.80. The van der Waals surface area contributed by atoms with E-state index < -0.39 is 0 Å². The first-order chi connectivity index (χ1) is 6.31. The van der Waals surface area contributed by atoms with Crippen molar-refractivity contribution in [2.24, 2.45) is 11.8 Å². The summed E-state index contributed by atoms with van der Waals surface area (Å²) in [7, 11) is 0. The highest BCUT2D eigenvalue weighted by Crippen LogP contribution is 2.33. The Morgan fingerprint density at radius 1 is 1.15 bits per heavy atom. The molecule has 1 aliphatic heterocycles. The molecule has 2 rings (SSSR count). The lowest BCUT2D eigenvalue weighted by molar-refractivity contribution is -0.0175. The summed E-state index contributed by atoms with van der Waals surface area (Å²) in [5, 5.41) is 10.1. The summed E-state index contributed by atoms with van der Waals surface area (Å²) in [4.78, 5) is 2.51. The number of aliphatic hydroxyl groups is 1. The van der Waals surface area contributed by atoms with Crippen LogP contribution in [0.5, 0.6) is 0 Å². The van der Waals surface area contributed by atoms with Gasteiger partial charge < -0.3 is 10.0 Å². The predicted molar refractivity (Wildman–Crippen MR) is 53.6 cm³/mol. The van der Waals surface area contributed by atoms with Gasteiger partial charge in [0, 0.05) is 13.1 Å². The average molecular weight is 183 g/mol. The van der Waals surface area contributed by atoms with E-state index in [2.05, 4.69) is 11.8 Å². The topological polar surface area (TPSA) is 23.5 Å². The molecule has 13 heavy (non-hydrogen) atoms. The summed E-state index contributed by atoms with van der Waals surface area (Å²) in [6.07, 6.45) is 5.15. The van der Waals surface area contributed by atoms with E-state index in [0.717, 1.165) is 19.6 Å². The largest absolute Gasteiger partial charge is 0.392 e. The van der Waals surface area contributed by atoms with Gasteiger partial charge in [-0.15, -0.1) is 0 Å². The van der Waals surface area contributed by atoms with Gasteiger partial charge in [-0.2, -0.15) is 0 Å². The van der Waals surface area contributed by atoms with Gasteiger partial charge in [-0.1, -0.05) is 19.8 Å². The van der Waals surface area contributed by atoms with Crippen LogP contribution < -0.4 is 0 Å². The second-order valence-electron chi connectivity index (χ2n) is 4.65. The van der Waals surface area contributed by atoms with Crippen LogP contribution in [0.25, 0.3) is 0 Å². The van der Waals surface area contributed by atoms with Gasteiger partial charge in [-0.3, -0.25) is 0 Å². The summed E-state index contributed by atoms with van der Waals surface area (Å²) >= 11 is 0. The highest BCUT2D eigenvalue weighted by atomic mass is 16.3. The van der Waals surface area contributed by atoms with Crippen molar-refractivity contribution >= 4 is 0 Å².